The van der Waals surface area contributed by atoms with Crippen LogP contribution < -0.4 is 11.0 Å². The molecule has 0 radical (unpaired) electrons. The van der Waals surface area contributed by atoms with Crippen LogP contribution in [0.3, 0.4) is 0 Å². The summed E-state index contributed by atoms with van der Waals surface area (Å²) in [5, 5.41) is 3.21. The number of anilines is 1. The summed E-state index contributed by atoms with van der Waals surface area (Å²) in [4.78, 5) is 23.5. The minimum atomic E-state index is -0.172. The van der Waals surface area contributed by atoms with Crippen LogP contribution in [0.5, 0.6) is 0 Å². The van der Waals surface area contributed by atoms with Gasteiger partial charge < -0.3 is 10.3 Å². The minimum absolute atomic E-state index is 0.172. The van der Waals surface area contributed by atoms with E-state index < -0.39 is 0 Å². The van der Waals surface area contributed by atoms with Gasteiger partial charge in [-0.05, 0) is 12.0 Å². The monoisotopic (exact) mass is 283 g/mol. The van der Waals surface area contributed by atoms with Crippen LogP contribution in [0.4, 0.5) is 5.82 Å². The Kier molecular flexibility index (Phi) is 3.68. The van der Waals surface area contributed by atoms with Crippen molar-refractivity contribution in [1.29, 1.82) is 0 Å². The number of hydrogen-bond acceptors (Lipinski definition) is 4. The van der Waals surface area contributed by atoms with Crippen molar-refractivity contribution in [2.75, 3.05) is 11.9 Å². The maximum Gasteiger partial charge on any atom is 0.328 e. The summed E-state index contributed by atoms with van der Waals surface area (Å²) >= 11 is 0. The molecule has 0 fully saturated rings. The first kappa shape index (κ1) is 13.4. The van der Waals surface area contributed by atoms with Crippen molar-refractivity contribution in [3.05, 3.63) is 52.7 Å². The van der Waals surface area contributed by atoms with Gasteiger partial charge in [0.15, 0.2) is 11.5 Å². The molecular formula is C15H17N5O. The Labute approximate surface area is 121 Å². The zero-order valence-electron chi connectivity index (χ0n) is 11.8. The second-order valence-corrected chi connectivity index (χ2v) is 4.85. The molecule has 6 nitrogen and oxygen atoms in total. The van der Waals surface area contributed by atoms with Gasteiger partial charge in [-0.2, -0.15) is 0 Å². The highest BCUT2D eigenvalue weighted by Crippen LogP contribution is 2.16. The highest BCUT2D eigenvalue weighted by atomic mass is 16.1. The SMILES string of the molecule is CCCNc1ncnc2c1[nH]c(=O)n2Cc1ccccc1. The fourth-order valence-electron chi connectivity index (χ4n) is 2.26. The summed E-state index contributed by atoms with van der Waals surface area (Å²) in [5.74, 6) is 0.672. The Hall–Kier alpha value is -2.63. The molecule has 2 heterocycles. The number of benzene rings is 1. The summed E-state index contributed by atoms with van der Waals surface area (Å²) in [5.41, 5.74) is 2.17. The van der Waals surface area contributed by atoms with Gasteiger partial charge in [0.1, 0.15) is 11.8 Å². The highest BCUT2D eigenvalue weighted by molar-refractivity contribution is 5.82. The fraction of sp³-hybridized carbons (Fsp3) is 0.267. The molecule has 0 amide bonds. The lowest BCUT2D eigenvalue weighted by Gasteiger charge is -2.05. The minimum Gasteiger partial charge on any atom is -0.368 e. The molecule has 21 heavy (non-hydrogen) atoms. The molecule has 108 valence electrons. The zero-order chi connectivity index (χ0) is 14.7. The fourth-order valence-corrected chi connectivity index (χ4v) is 2.26. The number of hydrogen-bond donors (Lipinski definition) is 2. The van der Waals surface area contributed by atoms with Gasteiger partial charge in [-0.15, -0.1) is 0 Å². The van der Waals surface area contributed by atoms with Crippen molar-refractivity contribution >= 4 is 17.0 Å². The van der Waals surface area contributed by atoms with Gasteiger partial charge in [-0.1, -0.05) is 37.3 Å². The summed E-state index contributed by atoms with van der Waals surface area (Å²) in [6, 6.07) is 9.85. The molecule has 0 aliphatic carbocycles. The molecular weight excluding hydrogens is 266 g/mol. The molecule has 0 aliphatic rings. The molecule has 3 aromatic rings. The topological polar surface area (TPSA) is 75.6 Å². The van der Waals surface area contributed by atoms with Gasteiger partial charge in [0.25, 0.3) is 0 Å². The first-order valence-corrected chi connectivity index (χ1v) is 7.01. The number of aromatic nitrogens is 4. The summed E-state index contributed by atoms with van der Waals surface area (Å²) in [6.45, 7) is 3.37. The Morgan fingerprint density at radius 1 is 1.24 bits per heavy atom. The third-order valence-electron chi connectivity index (χ3n) is 3.29. The third kappa shape index (κ3) is 2.65. The van der Waals surface area contributed by atoms with Gasteiger partial charge in [-0.25, -0.2) is 14.8 Å². The number of nitrogens with zero attached hydrogens (tertiary/aromatic N) is 3. The first-order valence-electron chi connectivity index (χ1n) is 7.01. The van der Waals surface area contributed by atoms with Crippen molar-refractivity contribution in [1.82, 2.24) is 19.5 Å². The van der Waals surface area contributed by atoms with Crippen molar-refractivity contribution in [2.24, 2.45) is 0 Å². The van der Waals surface area contributed by atoms with Gasteiger partial charge in [0.2, 0.25) is 0 Å². The lowest BCUT2D eigenvalue weighted by molar-refractivity contribution is 0.777. The Morgan fingerprint density at radius 3 is 2.81 bits per heavy atom. The van der Waals surface area contributed by atoms with E-state index >= 15 is 0 Å². The highest BCUT2D eigenvalue weighted by Gasteiger charge is 2.12. The van der Waals surface area contributed by atoms with E-state index in [1.165, 1.54) is 6.33 Å². The van der Waals surface area contributed by atoms with Crippen LogP contribution >= 0.6 is 0 Å². The second-order valence-electron chi connectivity index (χ2n) is 4.85. The zero-order valence-corrected chi connectivity index (χ0v) is 11.8. The normalized spacial score (nSPS) is 10.9. The van der Waals surface area contributed by atoms with Crippen molar-refractivity contribution < 1.29 is 0 Å². The molecule has 6 heteroatoms. The van der Waals surface area contributed by atoms with Gasteiger partial charge in [0, 0.05) is 6.54 Å². The average molecular weight is 283 g/mol. The molecule has 0 unspecified atom stereocenters. The van der Waals surface area contributed by atoms with E-state index in [0.29, 0.717) is 23.5 Å². The average Bonchev–Trinajstić information content (AvgIpc) is 2.83. The van der Waals surface area contributed by atoms with E-state index in [1.807, 2.05) is 30.3 Å². The number of imidazole rings is 1. The third-order valence-corrected chi connectivity index (χ3v) is 3.29. The first-order chi connectivity index (χ1) is 10.3. The quantitative estimate of drug-likeness (QED) is 0.751. The van der Waals surface area contributed by atoms with E-state index in [2.05, 4.69) is 27.2 Å². The molecule has 0 aliphatic heterocycles. The number of nitrogens with one attached hydrogen (secondary N) is 2. The summed E-state index contributed by atoms with van der Waals surface area (Å²) in [7, 11) is 0. The number of H-pyrrole nitrogens is 1. The molecule has 0 bridgehead atoms. The molecule has 2 aromatic heterocycles. The van der Waals surface area contributed by atoms with Crippen molar-refractivity contribution in [3.63, 3.8) is 0 Å². The van der Waals surface area contributed by atoms with Crippen LogP contribution in [-0.2, 0) is 6.54 Å². The number of aromatic amines is 1. The molecule has 0 saturated carbocycles. The van der Waals surface area contributed by atoms with Crippen LogP contribution in [0.25, 0.3) is 11.2 Å². The maximum absolute atomic E-state index is 12.2. The molecule has 0 atom stereocenters. The Bertz CT molecular complexity index is 791. The largest absolute Gasteiger partial charge is 0.368 e. The maximum atomic E-state index is 12.2. The lowest BCUT2D eigenvalue weighted by Crippen LogP contribution is -2.17. The van der Waals surface area contributed by atoms with E-state index in [4.69, 9.17) is 0 Å². The predicted molar refractivity (Wildman–Crippen MR) is 82.5 cm³/mol. The standard InChI is InChI=1S/C15H17N5O/c1-2-8-16-13-12-14(18-10-17-13)20(15(21)19-12)9-11-6-4-3-5-7-11/h3-7,10H,2,8-9H2,1H3,(H,19,21)(H,16,17,18). The van der Waals surface area contributed by atoms with E-state index in [1.54, 1.807) is 4.57 Å². The Morgan fingerprint density at radius 2 is 2.05 bits per heavy atom. The molecule has 1 aromatic carbocycles. The van der Waals surface area contributed by atoms with Crippen molar-refractivity contribution in [3.8, 4) is 0 Å². The summed E-state index contributed by atoms with van der Waals surface area (Å²) < 4.78 is 1.63. The van der Waals surface area contributed by atoms with E-state index in [-0.39, 0.29) is 5.69 Å². The van der Waals surface area contributed by atoms with Crippen LogP contribution in [-0.4, -0.2) is 26.1 Å². The summed E-state index contributed by atoms with van der Waals surface area (Å²) in [6.07, 6.45) is 2.47. The number of fused-ring (bicyclic) bond motifs is 1. The Balaban J connectivity index is 2.03. The second kappa shape index (κ2) is 5.78. The van der Waals surface area contributed by atoms with Gasteiger partial charge in [-0.3, -0.25) is 4.57 Å². The van der Waals surface area contributed by atoms with Gasteiger partial charge >= 0.3 is 5.69 Å². The molecule has 0 saturated heterocycles. The van der Waals surface area contributed by atoms with E-state index in [9.17, 15) is 4.79 Å². The van der Waals surface area contributed by atoms with Crippen LogP contribution in [0.1, 0.15) is 18.9 Å². The van der Waals surface area contributed by atoms with Gasteiger partial charge in [0.05, 0.1) is 6.54 Å². The van der Waals surface area contributed by atoms with Crippen LogP contribution in [0.15, 0.2) is 41.5 Å². The molecule has 0 spiro atoms. The smallest absolute Gasteiger partial charge is 0.328 e. The molecule has 3 rings (SSSR count). The van der Waals surface area contributed by atoms with Crippen LogP contribution in [0, 0.1) is 0 Å². The van der Waals surface area contributed by atoms with Crippen LogP contribution in [0.2, 0.25) is 0 Å². The lowest BCUT2D eigenvalue weighted by atomic mass is 10.2. The van der Waals surface area contributed by atoms with E-state index in [0.717, 1.165) is 18.5 Å². The van der Waals surface area contributed by atoms with Crippen molar-refractivity contribution in [2.45, 2.75) is 19.9 Å². The molecule has 2 N–H and O–H groups in total. The predicted octanol–water partition coefficient (Wildman–Crippen LogP) is 1.99. The number of rotatable bonds is 5.